The van der Waals surface area contributed by atoms with Crippen molar-refractivity contribution < 1.29 is 18.0 Å². The molecule has 0 spiro atoms. The molecule has 114 valence electrons. The Morgan fingerprint density at radius 1 is 1.05 bits per heavy atom. The van der Waals surface area contributed by atoms with E-state index in [1.807, 2.05) is 30.3 Å². The third kappa shape index (κ3) is 5.18. The highest BCUT2D eigenvalue weighted by atomic mass is 32.2. The van der Waals surface area contributed by atoms with Gasteiger partial charge in [0, 0.05) is 6.54 Å². The van der Waals surface area contributed by atoms with Crippen LogP contribution in [0.5, 0.6) is 0 Å². The Bertz CT molecular complexity index is 609. The first-order chi connectivity index (χ1) is 9.97. The third-order valence-electron chi connectivity index (χ3n) is 3.14. The lowest BCUT2D eigenvalue weighted by atomic mass is 10.2. The number of hydrogen-bond acceptors (Lipinski definition) is 4. The van der Waals surface area contributed by atoms with Crippen LogP contribution in [0.2, 0.25) is 0 Å². The predicted octanol–water partition coefficient (Wildman–Crippen LogP) is -0.00380. The average molecular weight is 310 g/mol. The lowest BCUT2D eigenvalue weighted by Crippen LogP contribution is -2.39. The summed E-state index contributed by atoms with van der Waals surface area (Å²) in [4.78, 5) is 23.1. The molecule has 2 N–H and O–H groups in total. The third-order valence-corrected chi connectivity index (χ3v) is 5.29. The van der Waals surface area contributed by atoms with Crippen LogP contribution in [0, 0.1) is 0 Å². The topological polar surface area (TPSA) is 92.3 Å². The van der Waals surface area contributed by atoms with E-state index in [0.717, 1.165) is 5.56 Å². The van der Waals surface area contributed by atoms with Crippen LogP contribution in [-0.4, -0.2) is 37.8 Å². The molecular weight excluding hydrogens is 292 g/mol. The van der Waals surface area contributed by atoms with Gasteiger partial charge in [0.05, 0.1) is 11.8 Å². The number of sulfone groups is 1. The Hall–Kier alpha value is -1.89. The summed E-state index contributed by atoms with van der Waals surface area (Å²) in [6, 6.07) is 9.37. The number of rotatable bonds is 7. The fourth-order valence-electron chi connectivity index (χ4n) is 1.82. The smallest absolute Gasteiger partial charge is 0.239 e. The zero-order valence-corrected chi connectivity index (χ0v) is 12.4. The first kappa shape index (κ1) is 15.5. The highest BCUT2D eigenvalue weighted by Gasteiger charge is 2.36. The molecule has 1 aromatic carbocycles. The van der Waals surface area contributed by atoms with Gasteiger partial charge in [0.1, 0.15) is 5.75 Å². The fourth-order valence-corrected chi connectivity index (χ4v) is 3.37. The molecule has 0 saturated heterocycles. The van der Waals surface area contributed by atoms with Gasteiger partial charge < -0.3 is 10.6 Å². The van der Waals surface area contributed by atoms with E-state index in [4.69, 9.17) is 0 Å². The van der Waals surface area contributed by atoms with Crippen LogP contribution in [0.4, 0.5) is 0 Å². The van der Waals surface area contributed by atoms with Crippen LogP contribution in [0.3, 0.4) is 0 Å². The van der Waals surface area contributed by atoms with Gasteiger partial charge in [-0.2, -0.15) is 0 Å². The Labute approximate surface area is 123 Å². The molecule has 0 unspecified atom stereocenters. The maximum Gasteiger partial charge on any atom is 0.239 e. The number of amides is 2. The Morgan fingerprint density at radius 3 is 2.33 bits per heavy atom. The number of hydrogen-bond donors (Lipinski definition) is 2. The summed E-state index contributed by atoms with van der Waals surface area (Å²) < 4.78 is 23.2. The quantitative estimate of drug-likeness (QED) is 0.741. The van der Waals surface area contributed by atoms with Crippen molar-refractivity contribution in [2.75, 3.05) is 12.3 Å². The maximum absolute atomic E-state index is 11.6. The lowest BCUT2D eigenvalue weighted by molar-refractivity contribution is -0.124. The van der Waals surface area contributed by atoms with Crippen molar-refractivity contribution in [3.8, 4) is 0 Å². The summed E-state index contributed by atoms with van der Waals surface area (Å²) in [7, 11) is -3.33. The minimum Gasteiger partial charge on any atom is -0.350 e. The van der Waals surface area contributed by atoms with E-state index in [1.54, 1.807) is 0 Å². The molecule has 21 heavy (non-hydrogen) atoms. The first-order valence-corrected chi connectivity index (χ1v) is 8.48. The van der Waals surface area contributed by atoms with Crippen molar-refractivity contribution in [1.29, 1.82) is 0 Å². The van der Waals surface area contributed by atoms with Crippen LogP contribution >= 0.6 is 0 Å². The summed E-state index contributed by atoms with van der Waals surface area (Å²) in [5.41, 5.74) is 0.952. The highest BCUT2D eigenvalue weighted by Crippen LogP contribution is 2.28. The molecule has 2 amide bonds. The Balaban J connectivity index is 1.67. The molecule has 0 bridgehead atoms. The van der Waals surface area contributed by atoms with E-state index in [1.165, 1.54) is 0 Å². The van der Waals surface area contributed by atoms with Gasteiger partial charge in [-0.3, -0.25) is 9.59 Å². The van der Waals surface area contributed by atoms with Crippen LogP contribution in [-0.2, 0) is 26.0 Å². The van der Waals surface area contributed by atoms with Crippen molar-refractivity contribution >= 4 is 21.7 Å². The molecule has 0 radical (unpaired) electrons. The second kappa shape index (κ2) is 6.71. The van der Waals surface area contributed by atoms with Gasteiger partial charge >= 0.3 is 0 Å². The molecule has 1 aromatic rings. The van der Waals surface area contributed by atoms with Gasteiger partial charge in [0.2, 0.25) is 11.8 Å². The molecule has 0 heterocycles. The highest BCUT2D eigenvalue weighted by molar-refractivity contribution is 7.93. The van der Waals surface area contributed by atoms with Crippen LogP contribution in [0.1, 0.15) is 18.4 Å². The van der Waals surface area contributed by atoms with Gasteiger partial charge in [0.25, 0.3) is 0 Å². The molecule has 1 aliphatic rings. The van der Waals surface area contributed by atoms with Gasteiger partial charge in [0.15, 0.2) is 9.84 Å². The zero-order valence-electron chi connectivity index (χ0n) is 11.5. The van der Waals surface area contributed by atoms with E-state index < -0.39 is 21.5 Å². The molecule has 6 nitrogen and oxygen atoms in total. The minimum absolute atomic E-state index is 0.216. The molecule has 2 rings (SSSR count). The average Bonchev–Trinajstić information content (AvgIpc) is 3.28. The standard InChI is InChI=1S/C14H18N2O4S/c17-13(15-8-11-4-2-1-3-5-11)9-16-14(18)10-21(19,20)12-6-7-12/h1-5,12H,6-10H2,(H,15,17)(H,16,18). The van der Waals surface area contributed by atoms with Gasteiger partial charge in [-0.15, -0.1) is 0 Å². The predicted molar refractivity (Wildman–Crippen MR) is 78.1 cm³/mol. The molecule has 7 heteroatoms. The maximum atomic E-state index is 11.6. The summed E-state index contributed by atoms with van der Waals surface area (Å²) >= 11 is 0. The SMILES string of the molecule is O=C(CNC(=O)CS(=O)(=O)C1CC1)NCc1ccccc1. The lowest BCUT2D eigenvalue weighted by Gasteiger charge is -2.07. The van der Waals surface area contributed by atoms with Crippen molar-refractivity contribution in [2.24, 2.45) is 0 Å². The second-order valence-corrected chi connectivity index (χ2v) is 7.33. The van der Waals surface area contributed by atoms with Crippen LogP contribution in [0.15, 0.2) is 30.3 Å². The van der Waals surface area contributed by atoms with E-state index in [9.17, 15) is 18.0 Å². The molecule has 0 aromatic heterocycles. The zero-order chi connectivity index (χ0) is 15.3. The Morgan fingerprint density at radius 2 is 1.71 bits per heavy atom. The van der Waals surface area contributed by atoms with Gasteiger partial charge in [-0.25, -0.2) is 8.42 Å². The number of carbonyl (C=O) groups is 2. The normalized spacial score (nSPS) is 14.5. The fraction of sp³-hybridized carbons (Fsp3) is 0.429. The second-order valence-electron chi connectivity index (χ2n) is 5.05. The Kier molecular flexibility index (Phi) is 4.95. The van der Waals surface area contributed by atoms with E-state index in [-0.39, 0.29) is 17.7 Å². The van der Waals surface area contributed by atoms with Gasteiger partial charge in [-0.1, -0.05) is 30.3 Å². The van der Waals surface area contributed by atoms with Crippen molar-refractivity contribution in [1.82, 2.24) is 10.6 Å². The largest absolute Gasteiger partial charge is 0.350 e. The summed E-state index contributed by atoms with van der Waals surface area (Å²) in [6.07, 6.45) is 1.26. The molecule has 1 saturated carbocycles. The summed E-state index contributed by atoms with van der Waals surface area (Å²) in [5.74, 6) is -1.52. The first-order valence-electron chi connectivity index (χ1n) is 6.76. The van der Waals surface area contributed by atoms with E-state index >= 15 is 0 Å². The molecule has 1 aliphatic carbocycles. The van der Waals surface area contributed by atoms with Crippen LogP contribution in [0.25, 0.3) is 0 Å². The van der Waals surface area contributed by atoms with Crippen LogP contribution < -0.4 is 10.6 Å². The van der Waals surface area contributed by atoms with Crippen molar-refractivity contribution in [3.63, 3.8) is 0 Å². The van der Waals surface area contributed by atoms with Crippen molar-refractivity contribution in [3.05, 3.63) is 35.9 Å². The minimum atomic E-state index is -3.33. The number of nitrogens with one attached hydrogen (secondary N) is 2. The number of carbonyl (C=O) groups excluding carboxylic acids is 2. The monoisotopic (exact) mass is 310 g/mol. The summed E-state index contributed by atoms with van der Waals surface area (Å²) in [6.45, 7) is 0.155. The van der Waals surface area contributed by atoms with E-state index in [2.05, 4.69) is 10.6 Å². The molecule has 0 atom stereocenters. The van der Waals surface area contributed by atoms with Gasteiger partial charge in [-0.05, 0) is 18.4 Å². The summed E-state index contributed by atoms with van der Waals surface area (Å²) in [5, 5.41) is 4.61. The molecule has 0 aliphatic heterocycles. The molecule has 1 fully saturated rings. The van der Waals surface area contributed by atoms with E-state index in [0.29, 0.717) is 19.4 Å². The van der Waals surface area contributed by atoms with Crippen molar-refractivity contribution in [2.45, 2.75) is 24.6 Å². The molecular formula is C14H18N2O4S. The number of benzene rings is 1.